The Morgan fingerprint density at radius 1 is 1.38 bits per heavy atom. The number of nitrogens with two attached hydrogens (primary N) is 1. The number of carbonyl (C=O) groups is 2. The number of likely N-dealkylation sites (N-methyl/N-ethyl adjacent to an activating group) is 1. The summed E-state index contributed by atoms with van der Waals surface area (Å²) in [5.74, 6) is -0.571. The largest absolute Gasteiger partial charge is 0.481 e. The van der Waals surface area contributed by atoms with Crippen LogP contribution < -0.4 is 5.73 Å². The van der Waals surface area contributed by atoms with Gasteiger partial charge in [-0.15, -0.1) is 0 Å². The average molecular weight is 230 g/mol. The van der Waals surface area contributed by atoms with Gasteiger partial charge >= 0.3 is 5.97 Å². The zero-order chi connectivity index (χ0) is 12.7. The summed E-state index contributed by atoms with van der Waals surface area (Å²) in [5.41, 5.74) is 5.74. The Kier molecular flexibility index (Phi) is 6.72. The predicted molar refractivity (Wildman–Crippen MR) is 61.9 cm³/mol. The van der Waals surface area contributed by atoms with E-state index >= 15 is 0 Å². The molecule has 1 amide bonds. The number of hydrogen-bond donors (Lipinski definition) is 2. The van der Waals surface area contributed by atoms with Crippen molar-refractivity contribution < 1.29 is 14.7 Å². The smallest absolute Gasteiger partial charge is 0.303 e. The molecule has 0 aromatic heterocycles. The molecule has 1 atom stereocenters. The number of aliphatic carboxylic acids is 1. The molecule has 0 fully saturated rings. The molecular weight excluding hydrogens is 208 g/mol. The molecule has 0 rings (SSSR count). The molecule has 5 nitrogen and oxygen atoms in total. The molecule has 0 saturated carbocycles. The van der Waals surface area contributed by atoms with Gasteiger partial charge in [0, 0.05) is 20.0 Å². The van der Waals surface area contributed by atoms with Gasteiger partial charge in [-0.05, 0) is 18.8 Å². The molecule has 0 aromatic rings. The van der Waals surface area contributed by atoms with Gasteiger partial charge in [-0.2, -0.15) is 0 Å². The van der Waals surface area contributed by atoms with E-state index in [0.29, 0.717) is 25.3 Å². The Morgan fingerprint density at radius 2 is 1.94 bits per heavy atom. The number of nitrogens with zero attached hydrogens (tertiary/aromatic N) is 1. The van der Waals surface area contributed by atoms with Gasteiger partial charge in [-0.3, -0.25) is 9.59 Å². The van der Waals surface area contributed by atoms with Crippen LogP contribution in [0.4, 0.5) is 0 Å². The summed E-state index contributed by atoms with van der Waals surface area (Å²) in [7, 11) is 1.66. The fourth-order valence-corrected chi connectivity index (χ4v) is 1.47. The van der Waals surface area contributed by atoms with Crippen LogP contribution in [0.1, 0.15) is 33.1 Å². The van der Waals surface area contributed by atoms with Gasteiger partial charge in [-0.1, -0.05) is 13.8 Å². The van der Waals surface area contributed by atoms with E-state index in [-0.39, 0.29) is 12.3 Å². The number of rotatable bonds is 7. The number of hydrogen-bond acceptors (Lipinski definition) is 3. The minimum absolute atomic E-state index is 0.0804. The van der Waals surface area contributed by atoms with E-state index in [9.17, 15) is 9.59 Å². The van der Waals surface area contributed by atoms with Gasteiger partial charge in [-0.25, -0.2) is 0 Å². The molecule has 0 bridgehead atoms. The molecule has 16 heavy (non-hydrogen) atoms. The zero-order valence-corrected chi connectivity index (χ0v) is 10.3. The molecule has 0 aliphatic heterocycles. The van der Waals surface area contributed by atoms with Crippen molar-refractivity contribution in [2.45, 2.75) is 39.2 Å². The Balaban J connectivity index is 3.93. The molecule has 94 valence electrons. The summed E-state index contributed by atoms with van der Waals surface area (Å²) in [6.45, 7) is 4.46. The lowest BCUT2D eigenvalue weighted by Gasteiger charge is -2.22. The Morgan fingerprint density at radius 3 is 2.38 bits per heavy atom. The first-order valence-corrected chi connectivity index (χ1v) is 5.57. The molecule has 3 N–H and O–H groups in total. The van der Waals surface area contributed by atoms with E-state index in [4.69, 9.17) is 10.8 Å². The standard InChI is InChI=1S/C11H22N2O3/c1-8(2)7-9(12)11(16)13(3)6-4-5-10(14)15/h8-9H,4-7,12H2,1-3H3,(H,14,15)/t9-/m0/s1. The minimum atomic E-state index is -0.840. The highest BCUT2D eigenvalue weighted by Crippen LogP contribution is 2.05. The molecule has 5 heteroatoms. The van der Waals surface area contributed by atoms with Gasteiger partial charge < -0.3 is 15.7 Å². The second-order valence-corrected chi connectivity index (χ2v) is 4.49. The molecule has 0 heterocycles. The summed E-state index contributed by atoms with van der Waals surface area (Å²) in [4.78, 5) is 23.5. The zero-order valence-electron chi connectivity index (χ0n) is 10.3. The highest BCUT2D eigenvalue weighted by Gasteiger charge is 2.18. The van der Waals surface area contributed by atoms with Crippen molar-refractivity contribution in [1.82, 2.24) is 4.90 Å². The summed E-state index contributed by atoms with van der Waals surface area (Å²) < 4.78 is 0. The summed E-state index contributed by atoms with van der Waals surface area (Å²) >= 11 is 0. The van der Waals surface area contributed by atoms with Crippen molar-refractivity contribution in [3.8, 4) is 0 Å². The summed E-state index contributed by atoms with van der Waals surface area (Å²) in [5, 5.41) is 8.46. The third-order valence-electron chi connectivity index (χ3n) is 2.30. The molecular formula is C11H22N2O3. The first kappa shape index (κ1) is 14.9. The molecule has 0 aliphatic carbocycles. The molecule has 0 spiro atoms. The number of carboxylic acid groups (broad SMARTS) is 1. The maximum atomic E-state index is 11.7. The van der Waals surface area contributed by atoms with E-state index in [2.05, 4.69) is 0 Å². The van der Waals surface area contributed by atoms with Crippen LogP contribution in [0.15, 0.2) is 0 Å². The van der Waals surface area contributed by atoms with E-state index in [1.54, 1.807) is 7.05 Å². The van der Waals surface area contributed by atoms with Crippen molar-refractivity contribution >= 4 is 11.9 Å². The van der Waals surface area contributed by atoms with Gasteiger partial charge in [0.05, 0.1) is 6.04 Å². The van der Waals surface area contributed by atoms with Crippen LogP contribution in [-0.2, 0) is 9.59 Å². The topological polar surface area (TPSA) is 83.6 Å². The summed E-state index contributed by atoms with van der Waals surface area (Å²) in [6, 6.07) is -0.477. The van der Waals surface area contributed by atoms with Gasteiger partial charge in [0.25, 0.3) is 0 Å². The lowest BCUT2D eigenvalue weighted by molar-refractivity contribution is -0.138. The lowest BCUT2D eigenvalue weighted by Crippen LogP contribution is -2.42. The molecule has 0 saturated heterocycles. The van der Waals surface area contributed by atoms with Gasteiger partial charge in [0.15, 0.2) is 0 Å². The highest BCUT2D eigenvalue weighted by molar-refractivity contribution is 5.81. The van der Waals surface area contributed by atoms with Crippen LogP contribution in [0.25, 0.3) is 0 Å². The van der Waals surface area contributed by atoms with Crippen molar-refractivity contribution in [2.24, 2.45) is 11.7 Å². The first-order valence-electron chi connectivity index (χ1n) is 5.57. The maximum Gasteiger partial charge on any atom is 0.303 e. The molecule has 0 unspecified atom stereocenters. The normalized spacial score (nSPS) is 12.6. The molecule has 0 radical (unpaired) electrons. The third kappa shape index (κ3) is 6.40. The fourth-order valence-electron chi connectivity index (χ4n) is 1.47. The number of carboxylic acids is 1. The second-order valence-electron chi connectivity index (χ2n) is 4.49. The number of carbonyl (C=O) groups excluding carboxylic acids is 1. The van der Waals surface area contributed by atoms with Gasteiger partial charge in [0.2, 0.25) is 5.91 Å². The summed E-state index contributed by atoms with van der Waals surface area (Å²) in [6.07, 6.45) is 1.20. The van der Waals surface area contributed by atoms with Crippen LogP contribution in [-0.4, -0.2) is 41.5 Å². The second kappa shape index (κ2) is 7.22. The quantitative estimate of drug-likeness (QED) is 0.673. The van der Waals surface area contributed by atoms with Crippen LogP contribution in [0.3, 0.4) is 0 Å². The van der Waals surface area contributed by atoms with Crippen LogP contribution in [0, 0.1) is 5.92 Å². The minimum Gasteiger partial charge on any atom is -0.481 e. The van der Waals surface area contributed by atoms with E-state index in [0.717, 1.165) is 0 Å². The monoisotopic (exact) mass is 230 g/mol. The SMILES string of the molecule is CC(C)C[C@H](N)C(=O)N(C)CCCC(=O)O. The predicted octanol–water partition coefficient (Wildman–Crippen LogP) is 0.683. The third-order valence-corrected chi connectivity index (χ3v) is 2.30. The van der Waals surface area contributed by atoms with Gasteiger partial charge in [0.1, 0.15) is 0 Å². The Labute approximate surface area is 96.6 Å². The van der Waals surface area contributed by atoms with Crippen LogP contribution in [0.5, 0.6) is 0 Å². The number of amides is 1. The van der Waals surface area contributed by atoms with E-state index in [1.807, 2.05) is 13.8 Å². The first-order chi connectivity index (χ1) is 7.34. The van der Waals surface area contributed by atoms with Crippen LogP contribution in [0.2, 0.25) is 0 Å². The Bertz CT molecular complexity index is 241. The van der Waals surface area contributed by atoms with E-state index < -0.39 is 12.0 Å². The average Bonchev–Trinajstić information content (AvgIpc) is 2.14. The van der Waals surface area contributed by atoms with Crippen molar-refractivity contribution in [3.63, 3.8) is 0 Å². The van der Waals surface area contributed by atoms with Crippen LogP contribution >= 0.6 is 0 Å². The van der Waals surface area contributed by atoms with E-state index in [1.165, 1.54) is 4.90 Å². The highest BCUT2D eigenvalue weighted by atomic mass is 16.4. The lowest BCUT2D eigenvalue weighted by atomic mass is 10.0. The van der Waals surface area contributed by atoms with Crippen molar-refractivity contribution in [3.05, 3.63) is 0 Å². The van der Waals surface area contributed by atoms with Crippen molar-refractivity contribution in [1.29, 1.82) is 0 Å². The molecule has 0 aromatic carbocycles. The fraction of sp³-hybridized carbons (Fsp3) is 0.818. The van der Waals surface area contributed by atoms with Crippen molar-refractivity contribution in [2.75, 3.05) is 13.6 Å². The maximum absolute atomic E-state index is 11.7. The Hall–Kier alpha value is -1.10. The molecule has 0 aliphatic rings.